The summed E-state index contributed by atoms with van der Waals surface area (Å²) in [4.78, 5) is 12.8. The Morgan fingerprint density at radius 1 is 1.14 bits per heavy atom. The molecule has 0 radical (unpaired) electrons. The highest BCUT2D eigenvalue weighted by Gasteiger charge is 2.23. The number of rotatable bonds is 11. The minimum atomic E-state index is -0.838. The number of aromatic carboxylic acids is 1. The number of aryl methyl sites for hydroxylation is 3. The zero-order valence-electron chi connectivity index (χ0n) is 18.2. The molecule has 0 aliphatic carbocycles. The molecule has 0 saturated heterocycles. The van der Waals surface area contributed by atoms with E-state index < -0.39 is 11.6 Å². The normalized spacial score (nSPS) is 12.8. The van der Waals surface area contributed by atoms with Gasteiger partial charge in [0, 0.05) is 4.88 Å². The summed E-state index contributed by atoms with van der Waals surface area (Å²) in [7, 11) is 0. The van der Waals surface area contributed by atoms with Crippen molar-refractivity contribution in [1.29, 1.82) is 0 Å². The van der Waals surface area contributed by atoms with Crippen molar-refractivity contribution in [2.24, 2.45) is 0 Å². The van der Waals surface area contributed by atoms with Gasteiger partial charge in [-0.3, -0.25) is 0 Å². The van der Waals surface area contributed by atoms with Crippen LogP contribution in [-0.4, -0.2) is 28.4 Å². The summed E-state index contributed by atoms with van der Waals surface area (Å²) in [6.45, 7) is 10.4. The van der Waals surface area contributed by atoms with Gasteiger partial charge >= 0.3 is 5.97 Å². The van der Waals surface area contributed by atoms with Crippen LogP contribution < -0.4 is 4.74 Å². The molecule has 2 aromatic rings. The number of hydrogen-bond acceptors (Lipinski definition) is 4. The molecule has 0 spiro atoms. The molecule has 1 atom stereocenters. The number of carboxylic acids is 1. The van der Waals surface area contributed by atoms with Crippen molar-refractivity contribution < 1.29 is 19.7 Å². The van der Waals surface area contributed by atoms with Gasteiger partial charge in [0.05, 0.1) is 5.60 Å². The minimum absolute atomic E-state index is 0.307. The fourth-order valence-corrected chi connectivity index (χ4v) is 4.59. The van der Waals surface area contributed by atoms with Gasteiger partial charge in [0.15, 0.2) is 0 Å². The van der Waals surface area contributed by atoms with Gasteiger partial charge in [-0.25, -0.2) is 4.79 Å². The van der Waals surface area contributed by atoms with Crippen LogP contribution >= 0.6 is 11.3 Å². The predicted molar refractivity (Wildman–Crippen MR) is 120 cm³/mol. The van der Waals surface area contributed by atoms with Crippen molar-refractivity contribution in [3.63, 3.8) is 0 Å². The molecule has 29 heavy (non-hydrogen) atoms. The van der Waals surface area contributed by atoms with Gasteiger partial charge in [0.2, 0.25) is 0 Å². The molecule has 0 fully saturated rings. The highest BCUT2D eigenvalue weighted by molar-refractivity contribution is 7.14. The highest BCUT2D eigenvalue weighted by Crippen LogP contribution is 2.31. The van der Waals surface area contributed by atoms with Crippen molar-refractivity contribution in [2.45, 2.75) is 78.2 Å². The fourth-order valence-electron chi connectivity index (χ4n) is 3.56. The number of carbonyl (C=O) groups is 1. The van der Waals surface area contributed by atoms with E-state index in [0.29, 0.717) is 30.2 Å². The largest absolute Gasteiger partial charge is 0.490 e. The lowest BCUT2D eigenvalue weighted by Gasteiger charge is -2.26. The molecule has 1 heterocycles. The van der Waals surface area contributed by atoms with E-state index in [1.54, 1.807) is 0 Å². The summed E-state index contributed by atoms with van der Waals surface area (Å²) in [5, 5.41) is 19.7. The second-order valence-corrected chi connectivity index (χ2v) is 9.06. The van der Waals surface area contributed by atoms with Gasteiger partial charge in [-0.05, 0) is 80.7 Å². The third-order valence-electron chi connectivity index (χ3n) is 5.88. The SMILES string of the molecule is CCC(CCc1cc(C)c(C(=O)O)s1)c1ccc(OCC(O)(CC)CC)c(C)c1. The van der Waals surface area contributed by atoms with Crippen LogP contribution in [0.25, 0.3) is 0 Å². The predicted octanol–water partition coefficient (Wildman–Crippen LogP) is 6.12. The Hall–Kier alpha value is -1.85. The van der Waals surface area contributed by atoms with Gasteiger partial charge in [-0.1, -0.05) is 32.9 Å². The summed E-state index contributed by atoms with van der Waals surface area (Å²) in [5.74, 6) is 0.403. The minimum Gasteiger partial charge on any atom is -0.490 e. The summed E-state index contributed by atoms with van der Waals surface area (Å²) in [5.41, 5.74) is 2.44. The van der Waals surface area contributed by atoms with Crippen molar-refractivity contribution in [1.82, 2.24) is 0 Å². The average Bonchev–Trinajstić information content (AvgIpc) is 3.08. The van der Waals surface area contributed by atoms with Crippen molar-refractivity contribution in [2.75, 3.05) is 6.61 Å². The first-order valence-corrected chi connectivity index (χ1v) is 11.3. The summed E-state index contributed by atoms with van der Waals surface area (Å²) in [6.07, 6.45) is 4.24. The molecule has 2 N–H and O–H groups in total. The van der Waals surface area contributed by atoms with Crippen molar-refractivity contribution in [3.8, 4) is 5.75 Å². The van der Waals surface area contributed by atoms with Crippen LogP contribution in [0.2, 0.25) is 0 Å². The van der Waals surface area contributed by atoms with E-state index >= 15 is 0 Å². The molecule has 2 rings (SSSR count). The maximum absolute atomic E-state index is 11.3. The standard InChI is InChI=1S/C24H34O4S/c1-6-18(9-11-20-14-17(5)22(29-20)23(25)26)19-10-12-21(16(4)13-19)28-15-24(27,7-2)8-3/h10,12-14,18,27H,6-9,11,15H2,1-5H3,(H,25,26). The summed E-state index contributed by atoms with van der Waals surface area (Å²) in [6, 6.07) is 8.32. The van der Waals surface area contributed by atoms with Crippen molar-refractivity contribution in [3.05, 3.63) is 50.7 Å². The Labute approximate surface area is 178 Å². The molecular formula is C24H34O4S. The number of aliphatic hydroxyl groups is 1. The summed E-state index contributed by atoms with van der Waals surface area (Å²) < 4.78 is 5.92. The smallest absolute Gasteiger partial charge is 0.346 e. The molecule has 1 aromatic carbocycles. The number of hydrogen-bond donors (Lipinski definition) is 2. The molecule has 0 aliphatic rings. The van der Waals surface area contributed by atoms with Gasteiger partial charge in [-0.2, -0.15) is 0 Å². The van der Waals surface area contributed by atoms with Crippen LogP contribution in [0.15, 0.2) is 24.3 Å². The fraction of sp³-hybridized carbons (Fsp3) is 0.542. The van der Waals surface area contributed by atoms with Crippen LogP contribution in [0.3, 0.4) is 0 Å². The third-order valence-corrected chi connectivity index (χ3v) is 7.16. The van der Waals surface area contributed by atoms with Gasteiger partial charge in [-0.15, -0.1) is 11.3 Å². The Balaban J connectivity index is 2.05. The van der Waals surface area contributed by atoms with Gasteiger partial charge in [0.25, 0.3) is 0 Å². The Bertz CT molecular complexity index is 820. The third kappa shape index (κ3) is 6.06. The first-order chi connectivity index (χ1) is 13.7. The molecule has 0 amide bonds. The number of ether oxygens (including phenoxy) is 1. The lowest BCUT2D eigenvalue weighted by atomic mass is 9.90. The Morgan fingerprint density at radius 2 is 1.83 bits per heavy atom. The van der Waals surface area contributed by atoms with E-state index in [9.17, 15) is 15.0 Å². The van der Waals surface area contributed by atoms with E-state index in [-0.39, 0.29) is 0 Å². The van der Waals surface area contributed by atoms with Crippen molar-refractivity contribution >= 4 is 17.3 Å². The average molecular weight is 419 g/mol. The van der Waals surface area contributed by atoms with Gasteiger partial charge in [0.1, 0.15) is 17.2 Å². The lowest BCUT2D eigenvalue weighted by molar-refractivity contribution is -0.0115. The monoisotopic (exact) mass is 418 g/mol. The molecule has 5 heteroatoms. The topological polar surface area (TPSA) is 66.8 Å². The molecule has 0 aliphatic heterocycles. The van der Waals surface area contributed by atoms with Crippen LogP contribution in [0.1, 0.15) is 83.6 Å². The quantitative estimate of drug-likeness (QED) is 0.461. The van der Waals surface area contributed by atoms with E-state index in [2.05, 4.69) is 19.1 Å². The lowest BCUT2D eigenvalue weighted by Crippen LogP contribution is -2.34. The van der Waals surface area contributed by atoms with Crippen LogP contribution in [0, 0.1) is 13.8 Å². The molecule has 160 valence electrons. The molecular weight excluding hydrogens is 384 g/mol. The molecule has 0 bridgehead atoms. The van der Waals surface area contributed by atoms with E-state index in [1.807, 2.05) is 39.8 Å². The second kappa shape index (κ2) is 10.3. The molecule has 0 saturated carbocycles. The number of carboxylic acid groups (broad SMARTS) is 1. The van der Waals surface area contributed by atoms with Crippen LogP contribution in [0.5, 0.6) is 5.75 Å². The second-order valence-electron chi connectivity index (χ2n) is 7.92. The van der Waals surface area contributed by atoms with E-state index in [4.69, 9.17) is 4.74 Å². The van der Waals surface area contributed by atoms with Crippen LogP contribution in [-0.2, 0) is 6.42 Å². The number of thiophene rings is 1. The maximum atomic E-state index is 11.3. The maximum Gasteiger partial charge on any atom is 0.346 e. The van der Waals surface area contributed by atoms with E-state index in [0.717, 1.165) is 41.0 Å². The Kier molecular flexibility index (Phi) is 8.29. The highest BCUT2D eigenvalue weighted by atomic mass is 32.1. The first-order valence-electron chi connectivity index (χ1n) is 10.5. The number of benzene rings is 1. The Morgan fingerprint density at radius 3 is 2.34 bits per heavy atom. The van der Waals surface area contributed by atoms with E-state index in [1.165, 1.54) is 16.9 Å². The zero-order valence-corrected chi connectivity index (χ0v) is 19.1. The van der Waals surface area contributed by atoms with Gasteiger partial charge < -0.3 is 14.9 Å². The molecule has 1 unspecified atom stereocenters. The molecule has 4 nitrogen and oxygen atoms in total. The van der Waals surface area contributed by atoms with Crippen LogP contribution in [0.4, 0.5) is 0 Å². The summed E-state index contributed by atoms with van der Waals surface area (Å²) >= 11 is 1.39. The first kappa shape index (κ1) is 23.4. The zero-order chi connectivity index (χ0) is 21.6. The molecule has 1 aromatic heterocycles.